The molecule has 0 amide bonds. The zero-order valence-corrected chi connectivity index (χ0v) is 8.84. The van der Waals surface area contributed by atoms with Gasteiger partial charge in [-0.25, -0.2) is 13.8 Å². The van der Waals surface area contributed by atoms with Crippen LogP contribution in [0.4, 0.5) is 8.78 Å². The van der Waals surface area contributed by atoms with Crippen molar-refractivity contribution in [3.63, 3.8) is 0 Å². The van der Waals surface area contributed by atoms with Crippen LogP contribution in [0, 0.1) is 22.0 Å². The number of aromatic nitrogens is 1. The van der Waals surface area contributed by atoms with Gasteiger partial charge in [0.05, 0.1) is 5.56 Å². The zero-order valence-electron chi connectivity index (χ0n) is 6.68. The Kier molecular flexibility index (Phi) is 3.14. The Morgan fingerprint density at radius 1 is 1.62 bits per heavy atom. The minimum atomic E-state index is -2.58. The third-order valence-corrected chi connectivity index (χ3v) is 2.36. The van der Waals surface area contributed by atoms with Gasteiger partial charge in [-0.2, -0.15) is 5.26 Å². The summed E-state index contributed by atoms with van der Waals surface area (Å²) < 4.78 is 24.9. The molecule has 0 saturated carbocycles. The number of alkyl halides is 2. The average molecular weight is 294 g/mol. The highest BCUT2D eigenvalue weighted by Crippen LogP contribution is 2.23. The summed E-state index contributed by atoms with van der Waals surface area (Å²) in [6, 6.07) is 3.31. The first-order valence-corrected chi connectivity index (χ1v) is 4.49. The smallest absolute Gasteiger partial charge is 0.239 e. The van der Waals surface area contributed by atoms with Gasteiger partial charge in [0.2, 0.25) is 0 Å². The van der Waals surface area contributed by atoms with E-state index in [-0.39, 0.29) is 5.69 Å². The standard InChI is InChI=1S/C8H5F2IN2/c1-4-2-5(3-12)8(11)13-6(4)7(9)10/h2,7H,1H3. The van der Waals surface area contributed by atoms with Crippen molar-refractivity contribution in [2.24, 2.45) is 0 Å². The van der Waals surface area contributed by atoms with E-state index in [0.29, 0.717) is 14.8 Å². The molecule has 13 heavy (non-hydrogen) atoms. The SMILES string of the molecule is Cc1cc(C#N)c(I)nc1C(F)F. The first kappa shape index (κ1) is 10.3. The molecule has 0 aromatic carbocycles. The van der Waals surface area contributed by atoms with Crippen molar-refractivity contribution < 1.29 is 8.78 Å². The summed E-state index contributed by atoms with van der Waals surface area (Å²) >= 11 is 1.77. The molecule has 0 saturated heterocycles. The molecule has 0 spiro atoms. The van der Waals surface area contributed by atoms with Crippen LogP contribution in [0.15, 0.2) is 6.07 Å². The Labute approximate surface area is 87.7 Å². The van der Waals surface area contributed by atoms with Crippen molar-refractivity contribution in [2.75, 3.05) is 0 Å². The summed E-state index contributed by atoms with van der Waals surface area (Å²) in [4.78, 5) is 3.66. The first-order valence-electron chi connectivity index (χ1n) is 3.41. The monoisotopic (exact) mass is 294 g/mol. The molecule has 1 aromatic heterocycles. The van der Waals surface area contributed by atoms with E-state index in [4.69, 9.17) is 5.26 Å². The van der Waals surface area contributed by atoms with Crippen LogP contribution in [-0.4, -0.2) is 4.98 Å². The summed E-state index contributed by atoms with van der Waals surface area (Å²) in [6.07, 6.45) is -2.58. The zero-order chi connectivity index (χ0) is 10.0. The van der Waals surface area contributed by atoms with E-state index >= 15 is 0 Å². The molecule has 5 heteroatoms. The number of hydrogen-bond acceptors (Lipinski definition) is 2. The number of hydrogen-bond donors (Lipinski definition) is 0. The highest BCUT2D eigenvalue weighted by Gasteiger charge is 2.14. The summed E-state index contributed by atoms with van der Waals surface area (Å²) in [5, 5.41) is 8.59. The molecule has 0 bridgehead atoms. The predicted molar refractivity (Wildman–Crippen MR) is 51.4 cm³/mol. The third kappa shape index (κ3) is 2.12. The van der Waals surface area contributed by atoms with Gasteiger partial charge < -0.3 is 0 Å². The van der Waals surface area contributed by atoms with Crippen LogP contribution in [0.2, 0.25) is 0 Å². The topological polar surface area (TPSA) is 36.7 Å². The molecule has 68 valence electrons. The molecular weight excluding hydrogens is 289 g/mol. The van der Waals surface area contributed by atoms with Crippen LogP contribution in [0.1, 0.15) is 23.2 Å². The van der Waals surface area contributed by atoms with Gasteiger partial charge in [-0.15, -0.1) is 0 Å². The van der Waals surface area contributed by atoms with Crippen molar-refractivity contribution in [3.05, 3.63) is 26.6 Å². The van der Waals surface area contributed by atoms with Gasteiger partial charge in [0.25, 0.3) is 6.43 Å². The maximum Gasteiger partial charge on any atom is 0.280 e. The molecule has 0 N–H and O–H groups in total. The Bertz CT molecular complexity index is 371. The number of nitriles is 1. The predicted octanol–water partition coefficient (Wildman–Crippen LogP) is 2.80. The lowest BCUT2D eigenvalue weighted by Gasteiger charge is -2.04. The molecule has 0 aliphatic rings. The van der Waals surface area contributed by atoms with Gasteiger partial charge in [0.15, 0.2) is 0 Å². The fraction of sp³-hybridized carbons (Fsp3) is 0.250. The van der Waals surface area contributed by atoms with Gasteiger partial charge in [-0.3, -0.25) is 0 Å². The second kappa shape index (κ2) is 3.96. The maximum atomic E-state index is 12.3. The lowest BCUT2D eigenvalue weighted by Crippen LogP contribution is -1.99. The van der Waals surface area contributed by atoms with Crippen LogP contribution in [0.3, 0.4) is 0 Å². The fourth-order valence-electron chi connectivity index (χ4n) is 0.903. The quantitative estimate of drug-likeness (QED) is 0.590. The largest absolute Gasteiger partial charge is 0.280 e. The lowest BCUT2D eigenvalue weighted by atomic mass is 10.2. The van der Waals surface area contributed by atoms with E-state index in [2.05, 4.69) is 4.98 Å². The number of nitrogens with zero attached hydrogens (tertiary/aromatic N) is 2. The minimum absolute atomic E-state index is 0.247. The van der Waals surface area contributed by atoms with Gasteiger partial charge in [-0.05, 0) is 41.1 Å². The van der Waals surface area contributed by atoms with Crippen LogP contribution in [0.5, 0.6) is 0 Å². The highest BCUT2D eigenvalue weighted by atomic mass is 127. The van der Waals surface area contributed by atoms with Crippen molar-refractivity contribution >= 4 is 22.6 Å². The minimum Gasteiger partial charge on any atom is -0.239 e. The van der Waals surface area contributed by atoms with Gasteiger partial charge in [0, 0.05) is 0 Å². The first-order chi connectivity index (χ1) is 6.06. The third-order valence-electron chi connectivity index (χ3n) is 1.53. The maximum absolute atomic E-state index is 12.3. The highest BCUT2D eigenvalue weighted by molar-refractivity contribution is 14.1. The molecule has 0 unspecified atom stereocenters. The number of pyridine rings is 1. The number of aryl methyl sites for hydroxylation is 1. The van der Waals surface area contributed by atoms with E-state index in [1.807, 2.05) is 6.07 Å². The Morgan fingerprint density at radius 3 is 2.69 bits per heavy atom. The fourth-order valence-corrected chi connectivity index (χ4v) is 1.44. The second-order valence-corrected chi connectivity index (χ2v) is 3.46. The van der Waals surface area contributed by atoms with Crippen LogP contribution in [0.25, 0.3) is 0 Å². The van der Waals surface area contributed by atoms with E-state index < -0.39 is 6.43 Å². The van der Waals surface area contributed by atoms with Crippen molar-refractivity contribution in [2.45, 2.75) is 13.3 Å². The molecular formula is C8H5F2IN2. The van der Waals surface area contributed by atoms with Gasteiger partial charge in [0.1, 0.15) is 15.5 Å². The molecule has 1 heterocycles. The number of rotatable bonds is 1. The molecule has 1 aromatic rings. The van der Waals surface area contributed by atoms with Crippen LogP contribution < -0.4 is 0 Å². The van der Waals surface area contributed by atoms with E-state index in [0.717, 1.165) is 0 Å². The lowest BCUT2D eigenvalue weighted by molar-refractivity contribution is 0.145. The summed E-state index contributed by atoms with van der Waals surface area (Å²) in [6.45, 7) is 1.52. The second-order valence-electron chi connectivity index (χ2n) is 2.44. The summed E-state index contributed by atoms with van der Waals surface area (Å²) in [5.41, 5.74) is 0.442. The summed E-state index contributed by atoms with van der Waals surface area (Å²) in [7, 11) is 0. The summed E-state index contributed by atoms with van der Waals surface area (Å²) in [5.74, 6) is 0. The molecule has 0 fully saturated rings. The van der Waals surface area contributed by atoms with Gasteiger partial charge >= 0.3 is 0 Å². The normalized spacial score (nSPS) is 10.2. The van der Waals surface area contributed by atoms with E-state index in [9.17, 15) is 8.78 Å². The molecule has 0 atom stereocenters. The Morgan fingerprint density at radius 2 is 2.23 bits per heavy atom. The van der Waals surface area contributed by atoms with Crippen molar-refractivity contribution in [1.82, 2.24) is 4.98 Å². The Hall–Kier alpha value is -0.770. The molecule has 1 rings (SSSR count). The van der Waals surface area contributed by atoms with Crippen LogP contribution >= 0.6 is 22.6 Å². The van der Waals surface area contributed by atoms with Crippen molar-refractivity contribution in [3.8, 4) is 6.07 Å². The van der Waals surface area contributed by atoms with E-state index in [1.54, 1.807) is 22.6 Å². The van der Waals surface area contributed by atoms with Gasteiger partial charge in [-0.1, -0.05) is 0 Å². The molecule has 0 radical (unpaired) electrons. The Balaban J connectivity index is 3.31. The van der Waals surface area contributed by atoms with E-state index in [1.165, 1.54) is 13.0 Å². The molecule has 2 nitrogen and oxygen atoms in total. The average Bonchev–Trinajstić information content (AvgIpc) is 2.07. The van der Waals surface area contributed by atoms with Crippen LogP contribution in [-0.2, 0) is 0 Å². The number of halogens is 3. The van der Waals surface area contributed by atoms with Crippen molar-refractivity contribution in [1.29, 1.82) is 5.26 Å². The molecule has 0 aliphatic heterocycles. The molecule has 0 aliphatic carbocycles.